The van der Waals surface area contributed by atoms with Crippen LogP contribution in [-0.2, 0) is 0 Å². The predicted molar refractivity (Wildman–Crippen MR) is 105 cm³/mol. The first-order chi connectivity index (χ1) is 12.0. The highest BCUT2D eigenvalue weighted by molar-refractivity contribution is 6.04. The smallest absolute Gasteiger partial charge is 0.255 e. The molecule has 0 aliphatic carbocycles. The third-order valence-electron chi connectivity index (χ3n) is 3.93. The Balaban J connectivity index is 2.03. The number of anilines is 2. The second-order valence-corrected chi connectivity index (χ2v) is 6.41. The van der Waals surface area contributed by atoms with Gasteiger partial charge in [-0.2, -0.15) is 0 Å². The molecule has 1 amide bonds. The van der Waals surface area contributed by atoms with Crippen LogP contribution in [0.15, 0.2) is 48.5 Å². The molecule has 0 heterocycles. The molecule has 0 bridgehead atoms. The first-order valence-electron chi connectivity index (χ1n) is 8.92. The summed E-state index contributed by atoms with van der Waals surface area (Å²) in [5, 5.41) is 2.94. The van der Waals surface area contributed by atoms with Crippen LogP contribution < -0.4 is 15.0 Å². The van der Waals surface area contributed by atoms with Gasteiger partial charge in [-0.25, -0.2) is 0 Å². The van der Waals surface area contributed by atoms with Crippen molar-refractivity contribution in [3.05, 3.63) is 54.1 Å². The first-order valence-corrected chi connectivity index (χ1v) is 8.92. The summed E-state index contributed by atoms with van der Waals surface area (Å²) in [6.45, 7) is 11.0. The van der Waals surface area contributed by atoms with Crippen molar-refractivity contribution in [2.45, 2.75) is 27.7 Å². The molecule has 0 atom stereocenters. The fraction of sp³-hybridized carbons (Fsp3) is 0.381. The average molecular weight is 340 g/mol. The van der Waals surface area contributed by atoms with E-state index in [9.17, 15) is 4.79 Å². The number of rotatable bonds is 8. The fourth-order valence-electron chi connectivity index (χ4n) is 2.54. The molecule has 1 N–H and O–H groups in total. The standard InChI is InChI=1S/C21H28N2O2/c1-5-23(6-2)19-12-10-18(11-13-19)22-21(24)17-8-7-9-20(14-17)25-15-16(3)4/h7-14,16H,5-6,15H2,1-4H3,(H,22,24). The second kappa shape index (κ2) is 9.11. The summed E-state index contributed by atoms with van der Waals surface area (Å²) in [7, 11) is 0. The van der Waals surface area contributed by atoms with Gasteiger partial charge in [0.1, 0.15) is 5.75 Å². The van der Waals surface area contributed by atoms with E-state index in [0.717, 1.165) is 30.2 Å². The lowest BCUT2D eigenvalue weighted by atomic mass is 10.2. The quantitative estimate of drug-likeness (QED) is 0.749. The molecule has 25 heavy (non-hydrogen) atoms. The molecule has 4 heteroatoms. The van der Waals surface area contributed by atoms with Crippen molar-refractivity contribution in [3.63, 3.8) is 0 Å². The number of carbonyl (C=O) groups is 1. The fourth-order valence-corrected chi connectivity index (χ4v) is 2.54. The van der Waals surface area contributed by atoms with Crippen LogP contribution in [0.25, 0.3) is 0 Å². The van der Waals surface area contributed by atoms with Crippen molar-refractivity contribution in [2.24, 2.45) is 5.92 Å². The first kappa shape index (κ1) is 18.8. The molecule has 2 aromatic carbocycles. The number of nitrogens with zero attached hydrogens (tertiary/aromatic N) is 1. The molecule has 4 nitrogen and oxygen atoms in total. The van der Waals surface area contributed by atoms with Crippen LogP contribution >= 0.6 is 0 Å². The maximum absolute atomic E-state index is 12.5. The summed E-state index contributed by atoms with van der Waals surface area (Å²) in [6, 6.07) is 15.2. The number of nitrogens with one attached hydrogen (secondary N) is 1. The number of hydrogen-bond acceptors (Lipinski definition) is 3. The minimum atomic E-state index is -0.134. The molecule has 0 spiro atoms. The summed E-state index contributed by atoms with van der Waals surface area (Å²) in [6.07, 6.45) is 0. The zero-order valence-electron chi connectivity index (χ0n) is 15.6. The van der Waals surface area contributed by atoms with Crippen molar-refractivity contribution in [1.82, 2.24) is 0 Å². The largest absolute Gasteiger partial charge is 0.493 e. The minimum Gasteiger partial charge on any atom is -0.493 e. The second-order valence-electron chi connectivity index (χ2n) is 6.41. The number of amides is 1. The van der Waals surface area contributed by atoms with E-state index < -0.39 is 0 Å². The van der Waals surface area contributed by atoms with Crippen LogP contribution in [0.1, 0.15) is 38.1 Å². The third kappa shape index (κ3) is 5.52. The van der Waals surface area contributed by atoms with Gasteiger partial charge in [-0.05, 0) is 62.2 Å². The number of hydrogen-bond donors (Lipinski definition) is 1. The molecule has 0 radical (unpaired) electrons. The summed E-state index contributed by atoms with van der Waals surface area (Å²) < 4.78 is 5.69. The van der Waals surface area contributed by atoms with Gasteiger partial charge in [0.05, 0.1) is 6.61 Å². The van der Waals surface area contributed by atoms with Crippen LogP contribution in [0.3, 0.4) is 0 Å². The maximum Gasteiger partial charge on any atom is 0.255 e. The molecule has 2 rings (SSSR count). The summed E-state index contributed by atoms with van der Waals surface area (Å²) in [5.41, 5.74) is 2.54. The Hall–Kier alpha value is -2.49. The van der Waals surface area contributed by atoms with E-state index >= 15 is 0 Å². The highest BCUT2D eigenvalue weighted by atomic mass is 16.5. The third-order valence-corrected chi connectivity index (χ3v) is 3.93. The Morgan fingerprint density at radius 2 is 1.76 bits per heavy atom. The van der Waals surface area contributed by atoms with Crippen molar-refractivity contribution < 1.29 is 9.53 Å². The molecule has 0 fully saturated rings. The Labute approximate surface area is 150 Å². The zero-order valence-corrected chi connectivity index (χ0v) is 15.6. The lowest BCUT2D eigenvalue weighted by molar-refractivity contribution is 0.102. The van der Waals surface area contributed by atoms with Gasteiger partial charge in [0, 0.05) is 30.0 Å². The highest BCUT2D eigenvalue weighted by Gasteiger charge is 2.08. The number of benzene rings is 2. The van der Waals surface area contributed by atoms with E-state index in [0.29, 0.717) is 18.1 Å². The van der Waals surface area contributed by atoms with Gasteiger partial charge < -0.3 is 15.0 Å². The Morgan fingerprint density at radius 1 is 1.08 bits per heavy atom. The summed E-state index contributed by atoms with van der Waals surface area (Å²) in [5.74, 6) is 1.03. The van der Waals surface area contributed by atoms with Gasteiger partial charge in [-0.1, -0.05) is 19.9 Å². The SMILES string of the molecule is CCN(CC)c1ccc(NC(=O)c2cccc(OCC(C)C)c2)cc1. The Morgan fingerprint density at radius 3 is 2.36 bits per heavy atom. The number of ether oxygens (including phenoxy) is 1. The summed E-state index contributed by atoms with van der Waals surface area (Å²) >= 11 is 0. The van der Waals surface area contributed by atoms with E-state index in [4.69, 9.17) is 4.74 Å². The normalized spacial score (nSPS) is 10.6. The van der Waals surface area contributed by atoms with Crippen LogP contribution in [0.4, 0.5) is 11.4 Å². The van der Waals surface area contributed by atoms with Crippen LogP contribution in [0, 0.1) is 5.92 Å². The van der Waals surface area contributed by atoms with Crippen molar-refractivity contribution in [2.75, 3.05) is 29.9 Å². The van der Waals surface area contributed by atoms with Crippen LogP contribution in [0.2, 0.25) is 0 Å². The molecular formula is C21H28N2O2. The van der Waals surface area contributed by atoms with Gasteiger partial charge in [0.2, 0.25) is 0 Å². The van der Waals surface area contributed by atoms with E-state index in [1.807, 2.05) is 36.4 Å². The molecule has 0 saturated carbocycles. The molecule has 0 aromatic heterocycles. The molecule has 2 aromatic rings. The van der Waals surface area contributed by atoms with E-state index in [1.54, 1.807) is 12.1 Å². The molecule has 0 unspecified atom stereocenters. The van der Waals surface area contributed by atoms with Crippen molar-refractivity contribution in [3.8, 4) is 5.75 Å². The summed E-state index contributed by atoms with van der Waals surface area (Å²) in [4.78, 5) is 14.7. The van der Waals surface area contributed by atoms with E-state index in [2.05, 4.69) is 37.9 Å². The predicted octanol–water partition coefficient (Wildman–Crippen LogP) is 4.82. The molecule has 0 saturated heterocycles. The van der Waals surface area contributed by atoms with Crippen LogP contribution in [-0.4, -0.2) is 25.6 Å². The number of carbonyl (C=O) groups excluding carboxylic acids is 1. The highest BCUT2D eigenvalue weighted by Crippen LogP contribution is 2.19. The van der Waals surface area contributed by atoms with E-state index in [-0.39, 0.29) is 5.91 Å². The van der Waals surface area contributed by atoms with E-state index in [1.165, 1.54) is 0 Å². The van der Waals surface area contributed by atoms with Gasteiger partial charge >= 0.3 is 0 Å². The van der Waals surface area contributed by atoms with Crippen LogP contribution in [0.5, 0.6) is 5.75 Å². The lowest BCUT2D eigenvalue weighted by Crippen LogP contribution is -2.21. The zero-order chi connectivity index (χ0) is 18.2. The Kier molecular flexibility index (Phi) is 6.87. The van der Waals surface area contributed by atoms with Gasteiger partial charge in [-0.15, -0.1) is 0 Å². The van der Waals surface area contributed by atoms with Gasteiger partial charge in [-0.3, -0.25) is 4.79 Å². The van der Waals surface area contributed by atoms with Gasteiger partial charge in [0.15, 0.2) is 0 Å². The van der Waals surface area contributed by atoms with Crippen molar-refractivity contribution >= 4 is 17.3 Å². The molecule has 0 aliphatic rings. The molecule has 0 aliphatic heterocycles. The Bertz CT molecular complexity index is 677. The van der Waals surface area contributed by atoms with Gasteiger partial charge in [0.25, 0.3) is 5.91 Å². The lowest BCUT2D eigenvalue weighted by Gasteiger charge is -2.21. The average Bonchev–Trinajstić information content (AvgIpc) is 2.62. The molecular weight excluding hydrogens is 312 g/mol. The molecule has 134 valence electrons. The minimum absolute atomic E-state index is 0.134. The monoisotopic (exact) mass is 340 g/mol. The van der Waals surface area contributed by atoms with Crippen molar-refractivity contribution in [1.29, 1.82) is 0 Å². The maximum atomic E-state index is 12.5. The topological polar surface area (TPSA) is 41.6 Å².